The average Bonchev–Trinajstić information content (AvgIpc) is 2.66. The van der Waals surface area contributed by atoms with Crippen LogP contribution in [0.1, 0.15) is 38.1 Å². The molecule has 1 aliphatic carbocycles. The number of rotatable bonds is 3. The number of halogens is 1. The van der Waals surface area contributed by atoms with Crippen LogP contribution < -0.4 is 5.73 Å². The van der Waals surface area contributed by atoms with Crippen LogP contribution in [0, 0.1) is 5.92 Å². The minimum atomic E-state index is 0.463. The molecule has 2 atom stereocenters. The monoisotopic (exact) mass is 227 g/mol. The van der Waals surface area contributed by atoms with Gasteiger partial charge in [0, 0.05) is 0 Å². The van der Waals surface area contributed by atoms with Crippen molar-refractivity contribution < 1.29 is 0 Å². The molecule has 0 aliphatic heterocycles. The molecule has 4 heteroatoms. The SMILES string of the molecule is NCCC1CCCCC1n1nccc1Cl. The van der Waals surface area contributed by atoms with Crippen molar-refractivity contribution in [3.63, 3.8) is 0 Å². The van der Waals surface area contributed by atoms with Crippen LogP contribution in [0.3, 0.4) is 0 Å². The lowest BCUT2D eigenvalue weighted by atomic mass is 9.82. The Hall–Kier alpha value is -0.540. The summed E-state index contributed by atoms with van der Waals surface area (Å²) in [6.45, 7) is 0.764. The summed E-state index contributed by atoms with van der Waals surface area (Å²) in [7, 11) is 0. The molecule has 0 radical (unpaired) electrons. The maximum absolute atomic E-state index is 6.11. The van der Waals surface area contributed by atoms with Crippen molar-refractivity contribution in [3.8, 4) is 0 Å². The topological polar surface area (TPSA) is 43.8 Å². The summed E-state index contributed by atoms with van der Waals surface area (Å²) in [5, 5.41) is 5.07. The lowest BCUT2D eigenvalue weighted by Crippen LogP contribution is -2.26. The number of hydrogen-bond donors (Lipinski definition) is 1. The van der Waals surface area contributed by atoms with Crippen LogP contribution in [0.2, 0.25) is 5.15 Å². The quantitative estimate of drug-likeness (QED) is 0.863. The van der Waals surface area contributed by atoms with Gasteiger partial charge in [0.25, 0.3) is 0 Å². The predicted molar refractivity (Wildman–Crippen MR) is 61.9 cm³/mol. The van der Waals surface area contributed by atoms with Gasteiger partial charge >= 0.3 is 0 Å². The van der Waals surface area contributed by atoms with E-state index in [1.54, 1.807) is 6.20 Å². The lowest BCUT2D eigenvalue weighted by Gasteiger charge is -2.31. The van der Waals surface area contributed by atoms with E-state index in [1.807, 2.05) is 10.7 Å². The van der Waals surface area contributed by atoms with Crippen LogP contribution >= 0.6 is 11.6 Å². The van der Waals surface area contributed by atoms with Gasteiger partial charge < -0.3 is 5.73 Å². The second-order valence-corrected chi connectivity index (χ2v) is 4.67. The first-order chi connectivity index (χ1) is 7.33. The fraction of sp³-hybridized carbons (Fsp3) is 0.727. The van der Waals surface area contributed by atoms with E-state index in [4.69, 9.17) is 17.3 Å². The molecule has 0 aromatic carbocycles. The van der Waals surface area contributed by atoms with Crippen molar-refractivity contribution >= 4 is 11.6 Å². The Morgan fingerprint density at radius 2 is 2.27 bits per heavy atom. The molecule has 1 fully saturated rings. The van der Waals surface area contributed by atoms with E-state index in [1.165, 1.54) is 25.7 Å². The molecule has 0 spiro atoms. The molecule has 1 aromatic heterocycles. The molecule has 0 amide bonds. The van der Waals surface area contributed by atoms with Gasteiger partial charge in [-0.05, 0) is 37.8 Å². The van der Waals surface area contributed by atoms with E-state index in [0.29, 0.717) is 12.0 Å². The van der Waals surface area contributed by atoms with Crippen molar-refractivity contribution in [2.24, 2.45) is 11.7 Å². The minimum Gasteiger partial charge on any atom is -0.330 e. The van der Waals surface area contributed by atoms with Crippen molar-refractivity contribution in [1.82, 2.24) is 9.78 Å². The molecule has 15 heavy (non-hydrogen) atoms. The number of nitrogens with zero attached hydrogens (tertiary/aromatic N) is 2. The van der Waals surface area contributed by atoms with Crippen LogP contribution in [-0.2, 0) is 0 Å². The zero-order chi connectivity index (χ0) is 10.7. The van der Waals surface area contributed by atoms with Gasteiger partial charge in [0.2, 0.25) is 0 Å². The Balaban J connectivity index is 2.14. The van der Waals surface area contributed by atoms with Crippen molar-refractivity contribution in [2.75, 3.05) is 6.54 Å². The lowest BCUT2D eigenvalue weighted by molar-refractivity contribution is 0.214. The Kier molecular flexibility index (Phi) is 3.65. The molecule has 2 N–H and O–H groups in total. The van der Waals surface area contributed by atoms with Crippen LogP contribution in [-0.4, -0.2) is 16.3 Å². The van der Waals surface area contributed by atoms with Crippen LogP contribution in [0.15, 0.2) is 12.3 Å². The Labute approximate surface area is 95.6 Å². The largest absolute Gasteiger partial charge is 0.330 e. The normalized spacial score (nSPS) is 26.8. The summed E-state index contributed by atoms with van der Waals surface area (Å²) in [6, 6.07) is 2.32. The maximum atomic E-state index is 6.11. The Morgan fingerprint density at radius 1 is 1.47 bits per heavy atom. The van der Waals surface area contributed by atoms with E-state index in [0.717, 1.165) is 18.1 Å². The number of nitrogens with two attached hydrogens (primary N) is 1. The van der Waals surface area contributed by atoms with Gasteiger partial charge in [-0.15, -0.1) is 0 Å². The van der Waals surface area contributed by atoms with E-state index in [2.05, 4.69) is 5.10 Å². The van der Waals surface area contributed by atoms with Crippen LogP contribution in [0.5, 0.6) is 0 Å². The van der Waals surface area contributed by atoms with E-state index < -0.39 is 0 Å². The standard InChI is InChI=1S/C11H18ClN3/c12-11-6-8-14-15(11)10-4-2-1-3-9(10)5-7-13/h6,8-10H,1-5,7,13H2. The third-order valence-corrected chi connectivity index (χ3v) is 3.64. The highest BCUT2D eigenvalue weighted by Gasteiger charge is 2.27. The molecule has 3 nitrogen and oxygen atoms in total. The second kappa shape index (κ2) is 4.99. The summed E-state index contributed by atoms with van der Waals surface area (Å²) in [4.78, 5) is 0. The highest BCUT2D eigenvalue weighted by Crippen LogP contribution is 2.36. The van der Waals surface area contributed by atoms with Crippen LogP contribution in [0.4, 0.5) is 0 Å². The second-order valence-electron chi connectivity index (χ2n) is 4.29. The van der Waals surface area contributed by atoms with Gasteiger partial charge in [-0.3, -0.25) is 4.68 Å². The van der Waals surface area contributed by atoms with Gasteiger partial charge in [0.05, 0.1) is 12.2 Å². The highest BCUT2D eigenvalue weighted by molar-refractivity contribution is 6.29. The van der Waals surface area contributed by atoms with Crippen molar-refractivity contribution in [1.29, 1.82) is 0 Å². The molecular formula is C11H18ClN3. The third-order valence-electron chi connectivity index (χ3n) is 3.34. The van der Waals surface area contributed by atoms with Gasteiger partial charge in [-0.2, -0.15) is 5.10 Å². The summed E-state index contributed by atoms with van der Waals surface area (Å²) >= 11 is 6.11. The summed E-state index contributed by atoms with van der Waals surface area (Å²) < 4.78 is 1.97. The molecule has 0 saturated heterocycles. The Morgan fingerprint density at radius 3 is 2.93 bits per heavy atom. The van der Waals surface area contributed by atoms with E-state index in [-0.39, 0.29) is 0 Å². The van der Waals surface area contributed by atoms with Gasteiger partial charge in [0.15, 0.2) is 0 Å². The minimum absolute atomic E-state index is 0.463. The van der Waals surface area contributed by atoms with Crippen molar-refractivity contribution in [2.45, 2.75) is 38.1 Å². The van der Waals surface area contributed by atoms with Gasteiger partial charge in [0.1, 0.15) is 5.15 Å². The maximum Gasteiger partial charge on any atom is 0.127 e. The predicted octanol–water partition coefficient (Wildman–Crippen LogP) is 2.62. The molecule has 2 rings (SSSR count). The molecule has 0 bridgehead atoms. The smallest absolute Gasteiger partial charge is 0.127 e. The highest BCUT2D eigenvalue weighted by atomic mass is 35.5. The Bertz CT molecular complexity index is 309. The van der Waals surface area contributed by atoms with Crippen LogP contribution in [0.25, 0.3) is 0 Å². The summed E-state index contributed by atoms with van der Waals surface area (Å²) in [5.41, 5.74) is 5.65. The number of aromatic nitrogens is 2. The fourth-order valence-corrected chi connectivity index (χ4v) is 2.83. The van der Waals surface area contributed by atoms with Gasteiger partial charge in [-0.1, -0.05) is 24.4 Å². The molecular weight excluding hydrogens is 210 g/mol. The molecule has 1 aliphatic rings. The van der Waals surface area contributed by atoms with E-state index in [9.17, 15) is 0 Å². The first-order valence-corrected chi connectivity index (χ1v) is 6.10. The average molecular weight is 228 g/mol. The zero-order valence-corrected chi connectivity index (χ0v) is 9.66. The summed E-state index contributed by atoms with van der Waals surface area (Å²) in [5.74, 6) is 0.654. The fourth-order valence-electron chi connectivity index (χ4n) is 2.60. The summed E-state index contributed by atoms with van der Waals surface area (Å²) in [6.07, 6.45) is 7.91. The molecule has 84 valence electrons. The van der Waals surface area contributed by atoms with Crippen molar-refractivity contribution in [3.05, 3.63) is 17.4 Å². The third kappa shape index (κ3) is 2.34. The first-order valence-electron chi connectivity index (χ1n) is 5.72. The molecule has 2 unspecified atom stereocenters. The van der Waals surface area contributed by atoms with Gasteiger partial charge in [-0.25, -0.2) is 0 Å². The zero-order valence-electron chi connectivity index (χ0n) is 8.90. The molecule has 1 heterocycles. The first kappa shape index (κ1) is 11.0. The molecule has 1 aromatic rings. The van der Waals surface area contributed by atoms with E-state index >= 15 is 0 Å². The number of hydrogen-bond acceptors (Lipinski definition) is 2. The molecule has 1 saturated carbocycles.